The normalized spacial score (nSPS) is 14.4. The Morgan fingerprint density at radius 1 is 1.39 bits per heavy atom. The summed E-state index contributed by atoms with van der Waals surface area (Å²) in [7, 11) is 1.75. The van der Waals surface area contributed by atoms with E-state index in [0.717, 1.165) is 0 Å². The molecule has 0 fully saturated rings. The second-order valence-electron chi connectivity index (χ2n) is 4.43. The van der Waals surface area contributed by atoms with Gasteiger partial charge in [-0.15, -0.1) is 5.10 Å². The van der Waals surface area contributed by atoms with Crippen molar-refractivity contribution in [3.05, 3.63) is 47.5 Å². The second-order valence-corrected chi connectivity index (χ2v) is 4.43. The van der Waals surface area contributed by atoms with Gasteiger partial charge in [-0.05, 0) is 12.5 Å². The molecule has 0 saturated heterocycles. The average Bonchev–Trinajstić information content (AvgIpc) is 2.75. The lowest BCUT2D eigenvalue weighted by Gasteiger charge is -2.26. The second kappa shape index (κ2) is 4.86. The topological polar surface area (TPSA) is 50.9 Å². The summed E-state index contributed by atoms with van der Waals surface area (Å²) in [6, 6.07) is 6.29. The summed E-state index contributed by atoms with van der Waals surface area (Å²) in [5.74, 6) is -0.397. The first-order valence-corrected chi connectivity index (χ1v) is 5.88. The Hall–Kier alpha value is -1.75. The van der Waals surface area contributed by atoms with Crippen molar-refractivity contribution in [2.24, 2.45) is 7.05 Å². The molecular formula is C13H16FN3O. The smallest absolute Gasteiger partial charge is 0.129 e. The maximum atomic E-state index is 13.8. The van der Waals surface area contributed by atoms with Crippen molar-refractivity contribution in [3.8, 4) is 0 Å². The van der Waals surface area contributed by atoms with Gasteiger partial charge in [0.1, 0.15) is 5.82 Å². The van der Waals surface area contributed by atoms with Crippen LogP contribution >= 0.6 is 0 Å². The quantitative estimate of drug-likeness (QED) is 0.898. The maximum Gasteiger partial charge on any atom is 0.129 e. The summed E-state index contributed by atoms with van der Waals surface area (Å²) in [4.78, 5) is 0. The van der Waals surface area contributed by atoms with E-state index in [0.29, 0.717) is 17.7 Å². The summed E-state index contributed by atoms with van der Waals surface area (Å²) in [6.07, 6.45) is 2.38. The number of benzene rings is 1. The highest BCUT2D eigenvalue weighted by molar-refractivity contribution is 5.25. The lowest BCUT2D eigenvalue weighted by molar-refractivity contribution is 0.0282. The molecule has 0 amide bonds. The molecule has 0 aliphatic heterocycles. The number of halogens is 1. The SMILES string of the molecule is CCC(O)(Cc1cn(C)nn1)c1ccccc1F. The van der Waals surface area contributed by atoms with Gasteiger partial charge in [0.25, 0.3) is 0 Å². The third-order valence-corrected chi connectivity index (χ3v) is 3.08. The van der Waals surface area contributed by atoms with Crippen LogP contribution in [-0.4, -0.2) is 20.1 Å². The van der Waals surface area contributed by atoms with E-state index in [1.165, 1.54) is 6.07 Å². The zero-order valence-corrected chi connectivity index (χ0v) is 10.5. The van der Waals surface area contributed by atoms with Gasteiger partial charge in [-0.1, -0.05) is 30.3 Å². The predicted octanol–water partition coefficient (Wildman–Crippen LogP) is 1.79. The van der Waals surface area contributed by atoms with E-state index in [4.69, 9.17) is 0 Å². The number of nitrogens with zero attached hydrogens (tertiary/aromatic N) is 3. The predicted molar refractivity (Wildman–Crippen MR) is 65.3 cm³/mol. The average molecular weight is 249 g/mol. The molecule has 1 atom stereocenters. The van der Waals surface area contributed by atoms with E-state index < -0.39 is 11.4 Å². The van der Waals surface area contributed by atoms with Crippen molar-refractivity contribution in [1.82, 2.24) is 15.0 Å². The Morgan fingerprint density at radius 2 is 2.11 bits per heavy atom. The summed E-state index contributed by atoms with van der Waals surface area (Å²) in [6.45, 7) is 1.82. The van der Waals surface area contributed by atoms with Gasteiger partial charge in [0, 0.05) is 25.2 Å². The Kier molecular flexibility index (Phi) is 3.43. The summed E-state index contributed by atoms with van der Waals surface area (Å²) >= 11 is 0. The van der Waals surface area contributed by atoms with E-state index in [2.05, 4.69) is 10.3 Å². The van der Waals surface area contributed by atoms with Gasteiger partial charge in [0.15, 0.2) is 0 Å². The van der Waals surface area contributed by atoms with Gasteiger partial charge in [-0.2, -0.15) is 0 Å². The molecule has 4 nitrogen and oxygen atoms in total. The van der Waals surface area contributed by atoms with E-state index in [1.54, 1.807) is 36.1 Å². The standard InChI is InChI=1S/C13H16FN3O/c1-3-13(18,8-10-9-17(2)16-15-10)11-6-4-5-7-12(11)14/h4-7,9,18H,3,8H2,1-2H3. The first-order valence-electron chi connectivity index (χ1n) is 5.88. The van der Waals surface area contributed by atoms with Crippen molar-refractivity contribution in [1.29, 1.82) is 0 Å². The Labute approximate surface area is 105 Å². The molecule has 0 aliphatic carbocycles. The highest BCUT2D eigenvalue weighted by Crippen LogP contribution is 2.30. The monoisotopic (exact) mass is 249 g/mol. The van der Waals surface area contributed by atoms with Gasteiger partial charge >= 0.3 is 0 Å². The number of aromatic nitrogens is 3. The molecule has 2 aromatic rings. The lowest BCUT2D eigenvalue weighted by atomic mass is 9.86. The van der Waals surface area contributed by atoms with Crippen LogP contribution in [-0.2, 0) is 19.1 Å². The first kappa shape index (κ1) is 12.7. The highest BCUT2D eigenvalue weighted by Gasteiger charge is 2.31. The van der Waals surface area contributed by atoms with Gasteiger partial charge in [0.05, 0.1) is 11.3 Å². The molecule has 5 heteroatoms. The Bertz CT molecular complexity index is 541. The van der Waals surface area contributed by atoms with Crippen LogP contribution in [0.1, 0.15) is 24.6 Å². The van der Waals surface area contributed by atoms with Crippen LogP contribution in [0.3, 0.4) is 0 Å². The molecule has 1 N–H and O–H groups in total. The van der Waals surface area contributed by atoms with Gasteiger partial charge < -0.3 is 5.11 Å². The fourth-order valence-electron chi connectivity index (χ4n) is 2.03. The molecule has 0 bridgehead atoms. The first-order chi connectivity index (χ1) is 8.55. The molecule has 18 heavy (non-hydrogen) atoms. The summed E-state index contributed by atoms with van der Waals surface area (Å²) in [5.41, 5.74) is -0.301. The van der Waals surface area contributed by atoms with Crippen LogP contribution in [0, 0.1) is 5.82 Å². The minimum Gasteiger partial charge on any atom is -0.385 e. The molecule has 1 aromatic heterocycles. The number of aliphatic hydroxyl groups is 1. The summed E-state index contributed by atoms with van der Waals surface area (Å²) < 4.78 is 15.3. The molecule has 0 spiro atoms. The van der Waals surface area contributed by atoms with Crippen LogP contribution < -0.4 is 0 Å². The zero-order valence-electron chi connectivity index (χ0n) is 10.5. The minimum atomic E-state index is -1.25. The van der Waals surface area contributed by atoms with Gasteiger partial charge in [-0.3, -0.25) is 4.68 Å². The molecule has 1 aromatic carbocycles. The fourth-order valence-corrected chi connectivity index (χ4v) is 2.03. The molecule has 96 valence electrons. The van der Waals surface area contributed by atoms with E-state index in [1.807, 2.05) is 6.92 Å². The molecule has 0 radical (unpaired) electrons. The number of hydrogen-bond donors (Lipinski definition) is 1. The maximum absolute atomic E-state index is 13.8. The zero-order chi connectivity index (χ0) is 13.2. The number of aryl methyl sites for hydroxylation is 1. The third-order valence-electron chi connectivity index (χ3n) is 3.08. The van der Waals surface area contributed by atoms with E-state index in [9.17, 15) is 9.50 Å². The Balaban J connectivity index is 2.33. The van der Waals surface area contributed by atoms with Crippen LogP contribution in [0.15, 0.2) is 30.5 Å². The van der Waals surface area contributed by atoms with Crippen molar-refractivity contribution >= 4 is 0 Å². The van der Waals surface area contributed by atoms with Crippen molar-refractivity contribution in [3.63, 3.8) is 0 Å². The van der Waals surface area contributed by atoms with Gasteiger partial charge in [0.2, 0.25) is 0 Å². The summed E-state index contributed by atoms with van der Waals surface area (Å²) in [5, 5.41) is 18.4. The van der Waals surface area contributed by atoms with Crippen LogP contribution in [0.4, 0.5) is 4.39 Å². The largest absolute Gasteiger partial charge is 0.385 e. The van der Waals surface area contributed by atoms with Crippen LogP contribution in [0.2, 0.25) is 0 Å². The van der Waals surface area contributed by atoms with E-state index in [-0.39, 0.29) is 6.42 Å². The number of hydrogen-bond acceptors (Lipinski definition) is 3. The molecular weight excluding hydrogens is 233 g/mol. The number of rotatable bonds is 4. The molecule has 1 heterocycles. The molecule has 0 aliphatic rings. The van der Waals surface area contributed by atoms with Crippen LogP contribution in [0.5, 0.6) is 0 Å². The lowest BCUT2D eigenvalue weighted by Crippen LogP contribution is -2.29. The highest BCUT2D eigenvalue weighted by atomic mass is 19.1. The van der Waals surface area contributed by atoms with Crippen molar-refractivity contribution in [2.45, 2.75) is 25.4 Å². The van der Waals surface area contributed by atoms with Crippen molar-refractivity contribution in [2.75, 3.05) is 0 Å². The molecule has 0 saturated carbocycles. The van der Waals surface area contributed by atoms with Crippen LogP contribution in [0.25, 0.3) is 0 Å². The third kappa shape index (κ3) is 2.41. The Morgan fingerprint density at radius 3 is 2.67 bits per heavy atom. The van der Waals surface area contributed by atoms with Crippen molar-refractivity contribution < 1.29 is 9.50 Å². The minimum absolute atomic E-state index is 0.248. The molecule has 2 rings (SSSR count). The van der Waals surface area contributed by atoms with Gasteiger partial charge in [-0.25, -0.2) is 4.39 Å². The van der Waals surface area contributed by atoms with E-state index >= 15 is 0 Å². The fraction of sp³-hybridized carbons (Fsp3) is 0.385. The molecule has 1 unspecified atom stereocenters.